The minimum Gasteiger partial charge on any atom is -0.507 e. The Bertz CT molecular complexity index is 1480. The number of aromatic hydroxyl groups is 1. The van der Waals surface area contributed by atoms with E-state index in [2.05, 4.69) is 0 Å². The first-order valence-corrected chi connectivity index (χ1v) is 12.4. The fraction of sp³-hybridized carbons (Fsp3) is 0.241. The smallest absolute Gasteiger partial charge is 0.300 e. The van der Waals surface area contributed by atoms with Crippen molar-refractivity contribution in [1.82, 2.24) is 0 Å². The summed E-state index contributed by atoms with van der Waals surface area (Å²) < 4.78 is 21.8. The Labute approximate surface area is 230 Å². The quantitative estimate of drug-likeness (QED) is 0.216. The van der Waals surface area contributed by atoms with Crippen molar-refractivity contribution in [3.8, 4) is 28.7 Å². The standard InChI is InChI=1S/C29H28ClNO8/c1-6-39-24-12-16(8-10-21(24)36-3)26-25(27(33)17-13-23(38-5)18(30)14-22(17)37-4)28(34)29(35)31(26)19-11-15(2)7-9-20(19)32/h7-14,26,32-33H,6H2,1-5H3/b27-25+. The lowest BCUT2D eigenvalue weighted by Gasteiger charge is -2.27. The minimum atomic E-state index is -1.14. The van der Waals surface area contributed by atoms with Gasteiger partial charge in [0, 0.05) is 6.07 Å². The molecule has 1 aliphatic heterocycles. The number of rotatable bonds is 8. The lowest BCUT2D eigenvalue weighted by Crippen LogP contribution is -2.29. The molecule has 1 fully saturated rings. The van der Waals surface area contributed by atoms with Crippen LogP contribution in [-0.4, -0.2) is 49.8 Å². The van der Waals surface area contributed by atoms with E-state index in [4.69, 9.17) is 30.5 Å². The number of carbonyl (C=O) groups is 2. The van der Waals surface area contributed by atoms with Crippen LogP contribution in [0.3, 0.4) is 0 Å². The molecule has 4 rings (SSSR count). The molecule has 204 valence electrons. The number of aryl methyl sites for hydroxylation is 1. The summed E-state index contributed by atoms with van der Waals surface area (Å²) in [7, 11) is 4.28. The van der Waals surface area contributed by atoms with E-state index in [1.54, 1.807) is 37.3 Å². The molecule has 0 aromatic heterocycles. The van der Waals surface area contributed by atoms with E-state index < -0.39 is 23.5 Å². The largest absolute Gasteiger partial charge is 0.507 e. The molecule has 1 unspecified atom stereocenters. The highest BCUT2D eigenvalue weighted by Gasteiger charge is 2.48. The van der Waals surface area contributed by atoms with Crippen molar-refractivity contribution in [2.24, 2.45) is 0 Å². The second-order valence-electron chi connectivity index (χ2n) is 8.69. The second-order valence-corrected chi connectivity index (χ2v) is 9.10. The van der Waals surface area contributed by atoms with Gasteiger partial charge in [0.1, 0.15) is 23.0 Å². The molecule has 1 heterocycles. The van der Waals surface area contributed by atoms with E-state index in [0.29, 0.717) is 23.7 Å². The van der Waals surface area contributed by atoms with Gasteiger partial charge in [0.25, 0.3) is 11.7 Å². The zero-order valence-electron chi connectivity index (χ0n) is 22.1. The number of Topliss-reactive ketones (excluding diaryl/α,β-unsaturated/α-hetero) is 1. The van der Waals surface area contributed by atoms with Crippen molar-refractivity contribution in [3.05, 3.63) is 75.8 Å². The molecule has 10 heteroatoms. The van der Waals surface area contributed by atoms with Crippen LogP contribution < -0.4 is 23.8 Å². The molecule has 1 aliphatic rings. The highest BCUT2D eigenvalue weighted by molar-refractivity contribution is 6.52. The summed E-state index contributed by atoms with van der Waals surface area (Å²) in [5.41, 5.74) is 1.15. The number of nitrogens with zero attached hydrogens (tertiary/aromatic N) is 1. The van der Waals surface area contributed by atoms with Crippen LogP contribution in [0, 0.1) is 6.92 Å². The molecule has 2 N–H and O–H groups in total. The SMILES string of the molecule is CCOc1cc(C2/C(=C(\O)c3cc(OC)c(Cl)cc3OC)C(=O)C(=O)N2c2cc(C)ccc2O)ccc1OC. The van der Waals surface area contributed by atoms with E-state index in [0.717, 1.165) is 10.5 Å². The van der Waals surface area contributed by atoms with Gasteiger partial charge in [-0.3, -0.25) is 14.5 Å². The molecule has 39 heavy (non-hydrogen) atoms. The van der Waals surface area contributed by atoms with Crippen molar-refractivity contribution >= 4 is 34.7 Å². The number of aliphatic hydroxyl groups excluding tert-OH is 1. The highest BCUT2D eigenvalue weighted by Crippen LogP contribution is 2.47. The topological polar surface area (TPSA) is 115 Å². The van der Waals surface area contributed by atoms with Crippen molar-refractivity contribution < 1.29 is 38.7 Å². The van der Waals surface area contributed by atoms with Gasteiger partial charge in [-0.1, -0.05) is 23.7 Å². The number of aliphatic hydroxyl groups is 1. The third-order valence-corrected chi connectivity index (χ3v) is 6.66. The Morgan fingerprint density at radius 3 is 2.26 bits per heavy atom. The van der Waals surface area contributed by atoms with Crippen molar-refractivity contribution in [2.75, 3.05) is 32.8 Å². The lowest BCUT2D eigenvalue weighted by atomic mass is 9.94. The number of benzene rings is 3. The molecule has 0 radical (unpaired) electrons. The van der Waals surface area contributed by atoms with Gasteiger partial charge in [0.2, 0.25) is 0 Å². The first-order valence-electron chi connectivity index (χ1n) is 12.0. The first-order chi connectivity index (χ1) is 18.7. The molecule has 1 amide bonds. The molecule has 1 atom stereocenters. The fourth-order valence-corrected chi connectivity index (χ4v) is 4.78. The van der Waals surface area contributed by atoms with E-state index >= 15 is 0 Å². The van der Waals surface area contributed by atoms with Crippen molar-refractivity contribution in [2.45, 2.75) is 19.9 Å². The number of phenolic OH excluding ortho intramolecular Hbond substituents is 1. The predicted molar refractivity (Wildman–Crippen MR) is 146 cm³/mol. The number of amides is 1. The normalized spacial score (nSPS) is 16.4. The monoisotopic (exact) mass is 553 g/mol. The molecular weight excluding hydrogens is 526 g/mol. The van der Waals surface area contributed by atoms with Crippen molar-refractivity contribution in [1.29, 1.82) is 0 Å². The Morgan fingerprint density at radius 1 is 0.923 bits per heavy atom. The molecular formula is C29H28ClNO8. The summed E-state index contributed by atoms with van der Waals surface area (Å²) >= 11 is 6.25. The maximum absolute atomic E-state index is 13.6. The van der Waals surface area contributed by atoms with Crippen LogP contribution in [0.5, 0.6) is 28.7 Å². The zero-order chi connectivity index (χ0) is 28.4. The van der Waals surface area contributed by atoms with Gasteiger partial charge < -0.3 is 29.2 Å². The maximum atomic E-state index is 13.6. The molecule has 9 nitrogen and oxygen atoms in total. The van der Waals surface area contributed by atoms with Crippen LogP contribution in [0.25, 0.3) is 5.76 Å². The van der Waals surface area contributed by atoms with E-state index in [9.17, 15) is 19.8 Å². The van der Waals surface area contributed by atoms with E-state index in [1.165, 1.54) is 39.5 Å². The molecule has 0 aliphatic carbocycles. The summed E-state index contributed by atoms with van der Waals surface area (Å²) in [4.78, 5) is 28.3. The number of ketones is 1. The zero-order valence-corrected chi connectivity index (χ0v) is 22.8. The summed E-state index contributed by atoms with van der Waals surface area (Å²) in [5.74, 6) is -1.40. The van der Waals surface area contributed by atoms with Crippen LogP contribution in [0.1, 0.15) is 29.7 Å². The first kappa shape index (κ1) is 27.7. The Hall–Kier alpha value is -4.37. The van der Waals surface area contributed by atoms with Gasteiger partial charge in [-0.05, 0) is 55.3 Å². The van der Waals surface area contributed by atoms with Crippen molar-refractivity contribution in [3.63, 3.8) is 0 Å². The number of hydrogen-bond acceptors (Lipinski definition) is 8. The van der Waals surface area contributed by atoms with Gasteiger partial charge >= 0.3 is 0 Å². The fourth-order valence-electron chi connectivity index (χ4n) is 4.55. The van der Waals surface area contributed by atoms with Gasteiger partial charge in [-0.15, -0.1) is 0 Å². The third-order valence-electron chi connectivity index (χ3n) is 6.37. The second kappa shape index (κ2) is 11.2. The predicted octanol–water partition coefficient (Wildman–Crippen LogP) is 5.40. The summed E-state index contributed by atoms with van der Waals surface area (Å²) in [6.45, 7) is 3.93. The molecule has 3 aromatic carbocycles. The molecule has 0 saturated carbocycles. The Balaban J connectivity index is 2.05. The minimum absolute atomic E-state index is 0.0914. The van der Waals surface area contributed by atoms with Crippen LogP contribution >= 0.6 is 11.6 Å². The average Bonchev–Trinajstić information content (AvgIpc) is 3.19. The number of halogens is 1. The summed E-state index contributed by atoms with van der Waals surface area (Å²) in [6, 6.07) is 11.3. The van der Waals surface area contributed by atoms with E-state index in [-0.39, 0.29) is 39.1 Å². The van der Waals surface area contributed by atoms with Crippen LogP contribution in [0.15, 0.2) is 54.1 Å². The molecule has 3 aromatic rings. The number of phenols is 1. The number of methoxy groups -OCH3 is 3. The van der Waals surface area contributed by atoms with Crippen LogP contribution in [0.2, 0.25) is 5.02 Å². The Morgan fingerprint density at radius 2 is 1.62 bits per heavy atom. The molecule has 0 spiro atoms. The maximum Gasteiger partial charge on any atom is 0.300 e. The average molecular weight is 554 g/mol. The van der Waals surface area contributed by atoms with Crippen LogP contribution in [-0.2, 0) is 9.59 Å². The number of hydrogen-bond donors (Lipinski definition) is 2. The summed E-state index contributed by atoms with van der Waals surface area (Å²) in [5, 5.41) is 22.6. The number of carbonyl (C=O) groups excluding carboxylic acids is 2. The number of anilines is 1. The number of ether oxygens (including phenoxy) is 4. The van der Waals surface area contributed by atoms with Crippen LogP contribution in [0.4, 0.5) is 5.69 Å². The third kappa shape index (κ3) is 4.93. The van der Waals surface area contributed by atoms with Gasteiger partial charge in [0.15, 0.2) is 11.5 Å². The van der Waals surface area contributed by atoms with E-state index in [1.807, 2.05) is 6.92 Å². The molecule has 0 bridgehead atoms. The summed E-state index contributed by atoms with van der Waals surface area (Å²) in [6.07, 6.45) is 0. The highest BCUT2D eigenvalue weighted by atomic mass is 35.5. The van der Waals surface area contributed by atoms with Gasteiger partial charge in [-0.25, -0.2) is 0 Å². The van der Waals surface area contributed by atoms with Gasteiger partial charge in [-0.2, -0.15) is 0 Å². The Kier molecular flexibility index (Phi) is 7.92. The van der Waals surface area contributed by atoms with Gasteiger partial charge in [0.05, 0.1) is 55.8 Å². The molecule has 1 saturated heterocycles. The lowest BCUT2D eigenvalue weighted by molar-refractivity contribution is -0.132.